The zero-order chi connectivity index (χ0) is 17.2. The Hall–Kier alpha value is -2.11. The first kappa shape index (κ1) is 16.4. The van der Waals surface area contributed by atoms with Crippen molar-refractivity contribution in [3.63, 3.8) is 0 Å². The summed E-state index contributed by atoms with van der Waals surface area (Å²) in [6.45, 7) is 4.99. The Morgan fingerprint density at radius 3 is 2.20 bits per heavy atom. The molecule has 1 saturated heterocycles. The lowest BCUT2D eigenvalue weighted by atomic mass is 9.71. The highest BCUT2D eigenvalue weighted by Crippen LogP contribution is 2.43. The molecule has 25 heavy (non-hydrogen) atoms. The number of hydrogen-bond acceptors (Lipinski definition) is 2. The molecule has 2 heteroatoms. The monoisotopic (exact) mass is 330 g/mol. The molecule has 1 aliphatic heterocycles. The smallest absolute Gasteiger partial charge is 0.0991 e. The van der Waals surface area contributed by atoms with Crippen molar-refractivity contribution in [2.75, 3.05) is 13.1 Å². The molecule has 2 aromatic carbocycles. The van der Waals surface area contributed by atoms with Crippen LogP contribution in [0, 0.1) is 17.2 Å². The lowest BCUT2D eigenvalue weighted by Gasteiger charge is -2.39. The molecule has 2 aliphatic rings. The van der Waals surface area contributed by atoms with Gasteiger partial charge in [0, 0.05) is 12.6 Å². The van der Waals surface area contributed by atoms with Crippen LogP contribution >= 0.6 is 0 Å². The SMILES string of the molecule is C[C@H]1CCCN1C[C@H]1C[C@@H](c2ccc(-c3ccc(C#N)cc3)cc2)C1. The molecular weight excluding hydrogens is 304 g/mol. The molecule has 0 amide bonds. The van der Waals surface area contributed by atoms with Crippen molar-refractivity contribution in [3.8, 4) is 17.2 Å². The van der Waals surface area contributed by atoms with Gasteiger partial charge in [0.05, 0.1) is 11.6 Å². The Kier molecular flexibility index (Phi) is 4.59. The van der Waals surface area contributed by atoms with Crippen molar-refractivity contribution in [3.05, 3.63) is 59.7 Å². The van der Waals surface area contributed by atoms with E-state index in [1.165, 1.54) is 55.5 Å². The summed E-state index contributed by atoms with van der Waals surface area (Å²) in [5, 5.41) is 8.90. The molecule has 0 bridgehead atoms. The summed E-state index contributed by atoms with van der Waals surface area (Å²) in [6, 6.07) is 19.9. The maximum Gasteiger partial charge on any atom is 0.0991 e. The van der Waals surface area contributed by atoms with E-state index in [0.717, 1.165) is 17.9 Å². The van der Waals surface area contributed by atoms with Crippen molar-refractivity contribution in [2.45, 2.75) is 44.6 Å². The first-order chi connectivity index (χ1) is 12.2. The molecule has 4 rings (SSSR count). The van der Waals surface area contributed by atoms with Gasteiger partial charge in [-0.1, -0.05) is 36.4 Å². The van der Waals surface area contributed by atoms with Crippen LogP contribution in [0.2, 0.25) is 0 Å². The van der Waals surface area contributed by atoms with Crippen LogP contribution in [0.1, 0.15) is 49.7 Å². The summed E-state index contributed by atoms with van der Waals surface area (Å²) in [7, 11) is 0. The van der Waals surface area contributed by atoms with Gasteiger partial charge in [-0.05, 0) is 79.8 Å². The fraction of sp³-hybridized carbons (Fsp3) is 0.435. The van der Waals surface area contributed by atoms with E-state index in [1.54, 1.807) is 0 Å². The van der Waals surface area contributed by atoms with Crippen LogP contribution in [0.4, 0.5) is 0 Å². The van der Waals surface area contributed by atoms with Crippen LogP contribution in [-0.4, -0.2) is 24.0 Å². The average molecular weight is 330 g/mol. The zero-order valence-electron chi connectivity index (χ0n) is 15.0. The van der Waals surface area contributed by atoms with E-state index in [4.69, 9.17) is 5.26 Å². The molecule has 0 radical (unpaired) electrons. The Bertz CT molecular complexity index is 748. The first-order valence-electron chi connectivity index (χ1n) is 9.57. The molecule has 2 fully saturated rings. The minimum absolute atomic E-state index is 0.716. The molecule has 2 aromatic rings. The third-order valence-corrected chi connectivity index (χ3v) is 6.15. The Morgan fingerprint density at radius 2 is 1.64 bits per heavy atom. The van der Waals surface area contributed by atoms with Crippen molar-refractivity contribution in [2.24, 2.45) is 5.92 Å². The van der Waals surface area contributed by atoms with Gasteiger partial charge >= 0.3 is 0 Å². The molecular formula is C23H26N2. The number of nitrogens with zero attached hydrogens (tertiary/aromatic N) is 2. The van der Waals surface area contributed by atoms with E-state index < -0.39 is 0 Å². The summed E-state index contributed by atoms with van der Waals surface area (Å²) in [6.07, 6.45) is 5.46. The fourth-order valence-electron chi connectivity index (χ4n) is 4.44. The van der Waals surface area contributed by atoms with Gasteiger partial charge in [-0.2, -0.15) is 5.26 Å². The summed E-state index contributed by atoms with van der Waals surface area (Å²) in [4.78, 5) is 2.69. The van der Waals surface area contributed by atoms with Crippen LogP contribution in [0.3, 0.4) is 0 Å². The zero-order valence-corrected chi connectivity index (χ0v) is 15.0. The van der Waals surface area contributed by atoms with Gasteiger partial charge in [-0.15, -0.1) is 0 Å². The maximum atomic E-state index is 8.90. The lowest BCUT2D eigenvalue weighted by Crippen LogP contribution is -2.37. The van der Waals surface area contributed by atoms with Gasteiger partial charge in [0.1, 0.15) is 0 Å². The third kappa shape index (κ3) is 3.48. The largest absolute Gasteiger partial charge is 0.300 e. The highest BCUT2D eigenvalue weighted by Gasteiger charge is 2.33. The van der Waals surface area contributed by atoms with Gasteiger partial charge in [0.15, 0.2) is 0 Å². The standard InChI is InChI=1S/C23H26N2/c1-17-3-2-12-25(17)16-19-13-23(14-19)22-10-8-21(9-11-22)20-6-4-18(15-24)5-7-20/h4-11,17,19,23H,2-3,12-14,16H2,1H3/t17-,19-,23+/m0/s1. The van der Waals surface area contributed by atoms with Crippen LogP contribution in [-0.2, 0) is 0 Å². The van der Waals surface area contributed by atoms with E-state index in [9.17, 15) is 0 Å². The lowest BCUT2D eigenvalue weighted by molar-refractivity contribution is 0.154. The molecule has 2 nitrogen and oxygen atoms in total. The van der Waals surface area contributed by atoms with Crippen LogP contribution in [0.5, 0.6) is 0 Å². The number of rotatable bonds is 4. The number of nitriles is 1. The highest BCUT2D eigenvalue weighted by atomic mass is 15.2. The minimum atomic E-state index is 0.716. The third-order valence-electron chi connectivity index (χ3n) is 6.15. The predicted molar refractivity (Wildman–Crippen MR) is 102 cm³/mol. The molecule has 0 unspecified atom stereocenters. The summed E-state index contributed by atoms with van der Waals surface area (Å²) < 4.78 is 0. The summed E-state index contributed by atoms with van der Waals surface area (Å²) in [5.41, 5.74) is 4.62. The van der Waals surface area contributed by atoms with E-state index in [-0.39, 0.29) is 0 Å². The van der Waals surface area contributed by atoms with Crippen LogP contribution in [0.25, 0.3) is 11.1 Å². The maximum absolute atomic E-state index is 8.90. The van der Waals surface area contributed by atoms with Crippen LogP contribution in [0.15, 0.2) is 48.5 Å². The van der Waals surface area contributed by atoms with E-state index in [1.807, 2.05) is 24.3 Å². The highest BCUT2D eigenvalue weighted by molar-refractivity contribution is 5.64. The second-order valence-corrected chi connectivity index (χ2v) is 7.83. The molecule has 1 aliphatic carbocycles. The van der Waals surface area contributed by atoms with E-state index >= 15 is 0 Å². The molecule has 1 atom stereocenters. The number of hydrogen-bond donors (Lipinski definition) is 0. The molecule has 1 saturated carbocycles. The van der Waals surface area contributed by atoms with Crippen LogP contribution < -0.4 is 0 Å². The van der Waals surface area contributed by atoms with E-state index in [2.05, 4.69) is 42.2 Å². The molecule has 1 heterocycles. The second-order valence-electron chi connectivity index (χ2n) is 7.83. The summed E-state index contributed by atoms with van der Waals surface area (Å²) >= 11 is 0. The fourth-order valence-corrected chi connectivity index (χ4v) is 4.44. The van der Waals surface area contributed by atoms with Gasteiger partial charge < -0.3 is 4.90 Å². The van der Waals surface area contributed by atoms with Gasteiger partial charge in [0.2, 0.25) is 0 Å². The van der Waals surface area contributed by atoms with Crippen molar-refractivity contribution >= 4 is 0 Å². The van der Waals surface area contributed by atoms with Crippen molar-refractivity contribution in [1.82, 2.24) is 4.90 Å². The van der Waals surface area contributed by atoms with Crippen molar-refractivity contribution < 1.29 is 0 Å². The van der Waals surface area contributed by atoms with Crippen molar-refractivity contribution in [1.29, 1.82) is 5.26 Å². The predicted octanol–water partition coefficient (Wildman–Crippen LogP) is 5.20. The van der Waals surface area contributed by atoms with Gasteiger partial charge in [-0.25, -0.2) is 0 Å². The minimum Gasteiger partial charge on any atom is -0.300 e. The average Bonchev–Trinajstić information content (AvgIpc) is 3.03. The molecule has 0 aromatic heterocycles. The topological polar surface area (TPSA) is 27.0 Å². The van der Waals surface area contributed by atoms with Gasteiger partial charge in [-0.3, -0.25) is 0 Å². The number of likely N-dealkylation sites (tertiary alicyclic amines) is 1. The molecule has 0 N–H and O–H groups in total. The molecule has 0 spiro atoms. The Morgan fingerprint density at radius 1 is 1.00 bits per heavy atom. The molecule has 128 valence electrons. The Labute approximate surface area is 151 Å². The number of benzene rings is 2. The van der Waals surface area contributed by atoms with Gasteiger partial charge in [0.25, 0.3) is 0 Å². The first-order valence-corrected chi connectivity index (χ1v) is 9.57. The Balaban J connectivity index is 1.34. The second kappa shape index (κ2) is 7.02. The quantitative estimate of drug-likeness (QED) is 0.770. The summed E-state index contributed by atoms with van der Waals surface area (Å²) in [5.74, 6) is 1.64. The van der Waals surface area contributed by atoms with E-state index in [0.29, 0.717) is 5.56 Å². The normalized spacial score (nSPS) is 26.2.